The second kappa shape index (κ2) is 4.43. The zero-order valence-electron chi connectivity index (χ0n) is 8.04. The van der Waals surface area contributed by atoms with Crippen LogP contribution in [0.1, 0.15) is 27.2 Å². The number of aliphatic hydroxyl groups excluding tert-OH is 1. The molecule has 2 unspecified atom stereocenters. The molecule has 0 aromatic rings. The van der Waals surface area contributed by atoms with Gasteiger partial charge < -0.3 is 10.2 Å². The fourth-order valence-electron chi connectivity index (χ4n) is 0.722. The van der Waals surface area contributed by atoms with Crippen LogP contribution in [0.25, 0.3) is 0 Å². The second-order valence-corrected chi connectivity index (χ2v) is 3.46. The molecular formula is C10H18O2. The van der Waals surface area contributed by atoms with Crippen molar-refractivity contribution in [2.45, 2.75) is 38.9 Å². The van der Waals surface area contributed by atoms with Crippen molar-refractivity contribution in [2.75, 3.05) is 0 Å². The third kappa shape index (κ3) is 3.69. The van der Waals surface area contributed by atoms with Crippen molar-refractivity contribution < 1.29 is 10.2 Å². The molecule has 70 valence electrons. The third-order valence-electron chi connectivity index (χ3n) is 1.84. The van der Waals surface area contributed by atoms with Crippen LogP contribution in [0, 0.1) is 0 Å². The number of allylic oxidation sites excluding steroid dienone is 1. The van der Waals surface area contributed by atoms with E-state index in [0.29, 0.717) is 6.42 Å². The minimum Gasteiger partial charge on any atom is -0.389 e. The Labute approximate surface area is 74.2 Å². The SMILES string of the molecule is C=CC(C)(O)C(O)CC=C(C)C. The van der Waals surface area contributed by atoms with Gasteiger partial charge in [0, 0.05) is 0 Å². The predicted octanol–water partition coefficient (Wildman–Crippen LogP) is 1.64. The molecule has 0 heterocycles. The molecule has 2 nitrogen and oxygen atoms in total. The van der Waals surface area contributed by atoms with Crippen molar-refractivity contribution in [3.05, 3.63) is 24.3 Å². The van der Waals surface area contributed by atoms with Gasteiger partial charge in [0.15, 0.2) is 0 Å². The lowest BCUT2D eigenvalue weighted by molar-refractivity contribution is -0.0237. The van der Waals surface area contributed by atoms with Crippen molar-refractivity contribution >= 4 is 0 Å². The highest BCUT2D eigenvalue weighted by molar-refractivity contribution is 5.02. The Kier molecular flexibility index (Phi) is 4.21. The smallest absolute Gasteiger partial charge is 0.106 e. The van der Waals surface area contributed by atoms with Crippen LogP contribution in [0.15, 0.2) is 24.3 Å². The van der Waals surface area contributed by atoms with Crippen LogP contribution in [-0.4, -0.2) is 21.9 Å². The highest BCUT2D eigenvalue weighted by Crippen LogP contribution is 2.14. The number of hydrogen-bond donors (Lipinski definition) is 2. The molecule has 12 heavy (non-hydrogen) atoms. The average Bonchev–Trinajstić information content (AvgIpc) is 2.00. The van der Waals surface area contributed by atoms with E-state index in [1.165, 1.54) is 6.08 Å². The van der Waals surface area contributed by atoms with Crippen molar-refractivity contribution in [1.82, 2.24) is 0 Å². The van der Waals surface area contributed by atoms with E-state index in [1.807, 2.05) is 19.9 Å². The number of rotatable bonds is 4. The second-order valence-electron chi connectivity index (χ2n) is 3.46. The molecular weight excluding hydrogens is 152 g/mol. The first kappa shape index (κ1) is 11.4. The van der Waals surface area contributed by atoms with E-state index in [4.69, 9.17) is 0 Å². The van der Waals surface area contributed by atoms with Gasteiger partial charge in [-0.3, -0.25) is 0 Å². The maximum atomic E-state index is 9.51. The standard InChI is InChI=1S/C10H18O2/c1-5-10(4,12)9(11)7-6-8(2)3/h5-6,9,11-12H,1,7H2,2-4H3. The molecule has 0 spiro atoms. The number of aliphatic hydroxyl groups is 2. The van der Waals surface area contributed by atoms with Gasteiger partial charge in [-0.15, -0.1) is 6.58 Å². The lowest BCUT2D eigenvalue weighted by atomic mass is 9.96. The van der Waals surface area contributed by atoms with Crippen LogP contribution in [0.5, 0.6) is 0 Å². The minimum atomic E-state index is -1.19. The Balaban J connectivity index is 4.12. The van der Waals surface area contributed by atoms with Crippen molar-refractivity contribution in [3.8, 4) is 0 Å². The quantitative estimate of drug-likeness (QED) is 0.630. The highest BCUT2D eigenvalue weighted by atomic mass is 16.3. The summed E-state index contributed by atoms with van der Waals surface area (Å²) < 4.78 is 0. The average molecular weight is 170 g/mol. The van der Waals surface area contributed by atoms with Gasteiger partial charge in [-0.1, -0.05) is 17.7 Å². The van der Waals surface area contributed by atoms with Gasteiger partial charge in [0.25, 0.3) is 0 Å². The first-order valence-corrected chi connectivity index (χ1v) is 4.07. The van der Waals surface area contributed by atoms with Crippen LogP contribution >= 0.6 is 0 Å². The Morgan fingerprint density at radius 3 is 2.42 bits per heavy atom. The zero-order chi connectivity index (χ0) is 9.78. The molecule has 0 fully saturated rings. The summed E-state index contributed by atoms with van der Waals surface area (Å²) in [4.78, 5) is 0. The van der Waals surface area contributed by atoms with Gasteiger partial charge in [0.1, 0.15) is 5.60 Å². The van der Waals surface area contributed by atoms with Crippen LogP contribution < -0.4 is 0 Å². The van der Waals surface area contributed by atoms with Crippen molar-refractivity contribution in [3.63, 3.8) is 0 Å². The summed E-state index contributed by atoms with van der Waals surface area (Å²) in [6, 6.07) is 0. The summed E-state index contributed by atoms with van der Waals surface area (Å²) >= 11 is 0. The first-order valence-electron chi connectivity index (χ1n) is 4.07. The first-order chi connectivity index (χ1) is 5.40. The predicted molar refractivity (Wildman–Crippen MR) is 50.9 cm³/mol. The largest absolute Gasteiger partial charge is 0.389 e. The molecule has 0 aliphatic rings. The van der Waals surface area contributed by atoms with E-state index in [2.05, 4.69) is 6.58 Å². The fourth-order valence-corrected chi connectivity index (χ4v) is 0.722. The van der Waals surface area contributed by atoms with E-state index >= 15 is 0 Å². The molecule has 0 bridgehead atoms. The zero-order valence-corrected chi connectivity index (χ0v) is 8.04. The van der Waals surface area contributed by atoms with Gasteiger partial charge >= 0.3 is 0 Å². The third-order valence-corrected chi connectivity index (χ3v) is 1.84. The summed E-state index contributed by atoms with van der Waals surface area (Å²) in [5.74, 6) is 0. The summed E-state index contributed by atoms with van der Waals surface area (Å²) in [6.07, 6.45) is 2.94. The lowest BCUT2D eigenvalue weighted by Crippen LogP contribution is -2.36. The van der Waals surface area contributed by atoms with Crippen LogP contribution in [0.4, 0.5) is 0 Å². The normalized spacial score (nSPS) is 17.8. The van der Waals surface area contributed by atoms with E-state index < -0.39 is 11.7 Å². The van der Waals surface area contributed by atoms with Gasteiger partial charge in [0.05, 0.1) is 6.10 Å². The molecule has 0 saturated carbocycles. The molecule has 0 amide bonds. The molecule has 2 heteroatoms. The van der Waals surface area contributed by atoms with Crippen molar-refractivity contribution in [1.29, 1.82) is 0 Å². The Hall–Kier alpha value is -0.600. The van der Waals surface area contributed by atoms with Crippen LogP contribution in [-0.2, 0) is 0 Å². The minimum absolute atomic E-state index is 0.460. The molecule has 2 atom stereocenters. The van der Waals surface area contributed by atoms with Gasteiger partial charge in [-0.05, 0) is 27.2 Å². The molecule has 2 N–H and O–H groups in total. The summed E-state index contributed by atoms with van der Waals surface area (Å²) in [6.45, 7) is 8.90. The topological polar surface area (TPSA) is 40.5 Å². The van der Waals surface area contributed by atoms with Crippen LogP contribution in [0.3, 0.4) is 0 Å². The highest BCUT2D eigenvalue weighted by Gasteiger charge is 2.25. The Morgan fingerprint density at radius 2 is 2.08 bits per heavy atom. The molecule has 0 saturated heterocycles. The van der Waals surface area contributed by atoms with Crippen molar-refractivity contribution in [2.24, 2.45) is 0 Å². The molecule has 0 rings (SSSR count). The van der Waals surface area contributed by atoms with Gasteiger partial charge in [-0.2, -0.15) is 0 Å². The Bertz CT molecular complexity index is 176. The lowest BCUT2D eigenvalue weighted by Gasteiger charge is -2.24. The summed E-state index contributed by atoms with van der Waals surface area (Å²) in [7, 11) is 0. The maximum Gasteiger partial charge on any atom is 0.106 e. The summed E-state index contributed by atoms with van der Waals surface area (Å²) in [5.41, 5.74) is -0.0553. The van der Waals surface area contributed by atoms with Crippen LogP contribution in [0.2, 0.25) is 0 Å². The molecule has 0 aliphatic carbocycles. The molecule has 0 aromatic heterocycles. The molecule has 0 radical (unpaired) electrons. The monoisotopic (exact) mass is 170 g/mol. The van der Waals surface area contributed by atoms with Gasteiger partial charge in [-0.25, -0.2) is 0 Å². The number of hydrogen-bond acceptors (Lipinski definition) is 2. The van der Waals surface area contributed by atoms with E-state index in [0.717, 1.165) is 5.57 Å². The summed E-state index contributed by atoms with van der Waals surface area (Å²) in [5, 5.41) is 19.0. The van der Waals surface area contributed by atoms with E-state index in [-0.39, 0.29) is 0 Å². The molecule has 0 aliphatic heterocycles. The Morgan fingerprint density at radius 1 is 1.58 bits per heavy atom. The van der Waals surface area contributed by atoms with E-state index in [1.54, 1.807) is 6.92 Å². The maximum absolute atomic E-state index is 9.51. The molecule has 0 aromatic carbocycles. The van der Waals surface area contributed by atoms with Gasteiger partial charge in [0.2, 0.25) is 0 Å². The fraction of sp³-hybridized carbons (Fsp3) is 0.600. The van der Waals surface area contributed by atoms with E-state index in [9.17, 15) is 10.2 Å².